The smallest absolute Gasteiger partial charge is 0.250 e. The Labute approximate surface area is 131 Å². The Kier molecular flexibility index (Phi) is 5.48. The zero-order chi connectivity index (χ0) is 15.4. The van der Waals surface area contributed by atoms with Crippen molar-refractivity contribution in [1.29, 1.82) is 0 Å². The second kappa shape index (κ2) is 7.14. The van der Waals surface area contributed by atoms with Gasteiger partial charge in [-0.1, -0.05) is 25.4 Å². The van der Waals surface area contributed by atoms with Gasteiger partial charge in [0.1, 0.15) is 0 Å². The first-order valence-corrected chi connectivity index (χ1v) is 7.93. The molecule has 1 aromatic carbocycles. The molecule has 1 aliphatic heterocycles. The molecule has 0 spiro atoms. The highest BCUT2D eigenvalue weighted by atomic mass is 35.5. The Bertz CT molecular complexity index is 504. The number of nitrogens with one attached hydrogen (secondary N) is 1. The number of amides is 1. The molecular formula is C16H24ClN3O. The van der Waals surface area contributed by atoms with Crippen LogP contribution < -0.4 is 16.0 Å². The number of halogens is 1. The van der Waals surface area contributed by atoms with Gasteiger partial charge in [-0.2, -0.15) is 0 Å². The van der Waals surface area contributed by atoms with Crippen molar-refractivity contribution in [2.45, 2.75) is 32.7 Å². The van der Waals surface area contributed by atoms with Crippen molar-refractivity contribution in [3.05, 3.63) is 28.8 Å². The molecule has 0 aromatic heterocycles. The molecule has 4 nitrogen and oxygen atoms in total. The topological polar surface area (TPSA) is 58.4 Å². The fourth-order valence-electron chi connectivity index (χ4n) is 2.83. The predicted molar refractivity (Wildman–Crippen MR) is 88.0 cm³/mol. The van der Waals surface area contributed by atoms with Crippen molar-refractivity contribution >= 4 is 23.2 Å². The summed E-state index contributed by atoms with van der Waals surface area (Å²) in [7, 11) is 0. The number of anilines is 1. The normalized spacial score (nSPS) is 19.0. The first-order valence-electron chi connectivity index (χ1n) is 7.55. The molecule has 0 saturated carbocycles. The van der Waals surface area contributed by atoms with Gasteiger partial charge in [0, 0.05) is 24.2 Å². The monoisotopic (exact) mass is 309 g/mol. The van der Waals surface area contributed by atoms with Crippen LogP contribution in [-0.4, -0.2) is 31.6 Å². The largest absolute Gasteiger partial charge is 0.371 e. The molecule has 1 aromatic rings. The van der Waals surface area contributed by atoms with Crippen LogP contribution in [0.3, 0.4) is 0 Å². The van der Waals surface area contributed by atoms with Crippen LogP contribution in [0.5, 0.6) is 0 Å². The van der Waals surface area contributed by atoms with Gasteiger partial charge in [-0.05, 0) is 43.5 Å². The van der Waals surface area contributed by atoms with Gasteiger partial charge in [0.15, 0.2) is 0 Å². The molecule has 0 radical (unpaired) electrons. The quantitative estimate of drug-likeness (QED) is 0.879. The number of piperidine rings is 1. The van der Waals surface area contributed by atoms with E-state index in [0.717, 1.165) is 31.7 Å². The molecule has 1 heterocycles. The highest BCUT2D eigenvalue weighted by molar-refractivity contribution is 6.31. The molecule has 1 aliphatic rings. The minimum atomic E-state index is -0.399. The number of hydrogen-bond donors (Lipinski definition) is 2. The summed E-state index contributed by atoms with van der Waals surface area (Å²) in [5.41, 5.74) is 6.90. The third-order valence-electron chi connectivity index (χ3n) is 3.90. The van der Waals surface area contributed by atoms with Crippen LogP contribution in [0.15, 0.2) is 18.2 Å². The van der Waals surface area contributed by atoms with Crippen molar-refractivity contribution in [2.75, 3.05) is 24.5 Å². The number of nitrogens with two attached hydrogens (primary N) is 1. The number of carbonyl (C=O) groups is 1. The molecule has 116 valence electrons. The summed E-state index contributed by atoms with van der Waals surface area (Å²) in [6, 6.07) is 5.77. The molecule has 5 heteroatoms. The molecule has 2 rings (SSSR count). The van der Waals surface area contributed by atoms with Gasteiger partial charge in [-0.15, -0.1) is 0 Å². The zero-order valence-electron chi connectivity index (χ0n) is 12.7. The summed E-state index contributed by atoms with van der Waals surface area (Å²) in [5, 5.41) is 4.13. The third kappa shape index (κ3) is 4.35. The van der Waals surface area contributed by atoms with E-state index >= 15 is 0 Å². The van der Waals surface area contributed by atoms with Gasteiger partial charge >= 0.3 is 0 Å². The lowest BCUT2D eigenvalue weighted by Crippen LogP contribution is -2.41. The molecule has 1 atom stereocenters. The maximum Gasteiger partial charge on any atom is 0.250 e. The minimum absolute atomic E-state index is 0.399. The lowest BCUT2D eigenvalue weighted by Gasteiger charge is -2.35. The van der Waals surface area contributed by atoms with E-state index in [9.17, 15) is 4.79 Å². The van der Waals surface area contributed by atoms with E-state index in [4.69, 9.17) is 17.3 Å². The molecule has 0 aliphatic carbocycles. The first kappa shape index (κ1) is 16.1. The van der Waals surface area contributed by atoms with Gasteiger partial charge in [-0.3, -0.25) is 4.79 Å². The molecule has 1 amide bonds. The average Bonchev–Trinajstić information content (AvgIpc) is 2.45. The van der Waals surface area contributed by atoms with Crippen molar-refractivity contribution in [3.8, 4) is 0 Å². The summed E-state index contributed by atoms with van der Waals surface area (Å²) >= 11 is 6.09. The van der Waals surface area contributed by atoms with Crippen molar-refractivity contribution < 1.29 is 4.79 Å². The van der Waals surface area contributed by atoms with E-state index in [-0.39, 0.29) is 0 Å². The van der Waals surface area contributed by atoms with Crippen LogP contribution in [0.25, 0.3) is 0 Å². The molecular weight excluding hydrogens is 286 g/mol. The molecule has 1 fully saturated rings. The number of hydrogen-bond acceptors (Lipinski definition) is 3. The van der Waals surface area contributed by atoms with Gasteiger partial charge in [-0.25, -0.2) is 0 Å². The van der Waals surface area contributed by atoms with Crippen LogP contribution in [-0.2, 0) is 0 Å². The number of nitrogens with zero attached hydrogens (tertiary/aromatic N) is 1. The van der Waals surface area contributed by atoms with Gasteiger partial charge in [0.25, 0.3) is 5.91 Å². The maximum absolute atomic E-state index is 11.6. The van der Waals surface area contributed by atoms with Crippen LogP contribution in [0, 0.1) is 5.92 Å². The van der Waals surface area contributed by atoms with Crippen molar-refractivity contribution in [3.63, 3.8) is 0 Å². The fourth-order valence-corrected chi connectivity index (χ4v) is 2.99. The summed E-state index contributed by atoms with van der Waals surface area (Å²) in [6.07, 6.45) is 2.33. The summed E-state index contributed by atoms with van der Waals surface area (Å²) in [5.74, 6) is 0.185. The van der Waals surface area contributed by atoms with Crippen LogP contribution in [0.4, 0.5) is 5.69 Å². The molecule has 21 heavy (non-hydrogen) atoms. The zero-order valence-corrected chi connectivity index (χ0v) is 13.5. The summed E-state index contributed by atoms with van der Waals surface area (Å²) in [4.78, 5) is 13.9. The minimum Gasteiger partial charge on any atom is -0.371 e. The molecule has 0 bridgehead atoms. The summed E-state index contributed by atoms with van der Waals surface area (Å²) < 4.78 is 0. The second-order valence-corrected chi connectivity index (χ2v) is 6.48. The van der Waals surface area contributed by atoms with E-state index in [1.165, 1.54) is 6.42 Å². The molecule has 3 N–H and O–H groups in total. The Morgan fingerprint density at radius 2 is 2.29 bits per heavy atom. The standard InChI is InChI=1S/C16H24ClN3O/c1-11(2)19-9-12-4-3-7-20(10-12)15-8-13(17)5-6-14(15)16(18)21/h5-6,8,11-12,19H,3-4,7,9-10H2,1-2H3,(H2,18,21). The molecule has 1 saturated heterocycles. The van der Waals surface area contributed by atoms with Gasteiger partial charge in [0.05, 0.1) is 11.3 Å². The number of benzene rings is 1. The number of primary amides is 1. The first-order chi connectivity index (χ1) is 9.97. The lowest BCUT2D eigenvalue weighted by atomic mass is 9.96. The maximum atomic E-state index is 11.6. The van der Waals surface area contributed by atoms with E-state index < -0.39 is 5.91 Å². The number of rotatable bonds is 5. The lowest BCUT2D eigenvalue weighted by molar-refractivity contribution is 0.100. The van der Waals surface area contributed by atoms with Crippen molar-refractivity contribution in [2.24, 2.45) is 11.7 Å². The SMILES string of the molecule is CC(C)NCC1CCCN(c2cc(Cl)ccc2C(N)=O)C1. The van der Waals surface area contributed by atoms with E-state index in [1.807, 2.05) is 6.07 Å². The Morgan fingerprint density at radius 1 is 1.52 bits per heavy atom. The highest BCUT2D eigenvalue weighted by Gasteiger charge is 2.23. The fraction of sp³-hybridized carbons (Fsp3) is 0.562. The molecule has 1 unspecified atom stereocenters. The van der Waals surface area contributed by atoms with E-state index in [0.29, 0.717) is 22.5 Å². The van der Waals surface area contributed by atoms with Gasteiger partial charge < -0.3 is 16.0 Å². The van der Waals surface area contributed by atoms with Crippen LogP contribution in [0.1, 0.15) is 37.0 Å². The number of carbonyl (C=O) groups excluding carboxylic acids is 1. The van der Waals surface area contributed by atoms with E-state index in [1.54, 1.807) is 12.1 Å². The summed E-state index contributed by atoms with van der Waals surface area (Å²) in [6.45, 7) is 7.19. The second-order valence-electron chi connectivity index (χ2n) is 6.04. The van der Waals surface area contributed by atoms with Crippen LogP contribution in [0.2, 0.25) is 5.02 Å². The van der Waals surface area contributed by atoms with Gasteiger partial charge in [0.2, 0.25) is 0 Å². The Balaban J connectivity index is 2.13. The van der Waals surface area contributed by atoms with E-state index in [2.05, 4.69) is 24.1 Å². The average molecular weight is 310 g/mol. The van der Waals surface area contributed by atoms with Crippen LogP contribution >= 0.6 is 11.6 Å². The Morgan fingerprint density at radius 3 is 2.95 bits per heavy atom. The third-order valence-corrected chi connectivity index (χ3v) is 4.13. The highest BCUT2D eigenvalue weighted by Crippen LogP contribution is 2.29. The predicted octanol–water partition coefficient (Wildman–Crippen LogP) is 2.65. The van der Waals surface area contributed by atoms with Crippen molar-refractivity contribution in [1.82, 2.24) is 5.32 Å². The Hall–Kier alpha value is -1.26.